The summed E-state index contributed by atoms with van der Waals surface area (Å²) in [5.74, 6) is 1.16. The van der Waals surface area contributed by atoms with Crippen LogP contribution >= 0.6 is 11.8 Å². The Kier molecular flexibility index (Phi) is 5.20. The number of nitrogens with one attached hydrogen (secondary N) is 1. The van der Waals surface area contributed by atoms with Crippen molar-refractivity contribution in [2.24, 2.45) is 10.4 Å². The summed E-state index contributed by atoms with van der Waals surface area (Å²) < 4.78 is 0. The molecule has 4 heteroatoms. The molecule has 0 radical (unpaired) electrons. The molecule has 0 aromatic heterocycles. The highest BCUT2D eigenvalue weighted by Gasteiger charge is 2.30. The molecule has 1 aromatic rings. The average Bonchev–Trinajstić information content (AvgIpc) is 2.50. The van der Waals surface area contributed by atoms with Gasteiger partial charge in [0.05, 0.1) is 0 Å². The highest BCUT2D eigenvalue weighted by molar-refractivity contribution is 8.14. The third-order valence-corrected chi connectivity index (χ3v) is 5.78. The number of aryl methyl sites for hydroxylation is 1. The van der Waals surface area contributed by atoms with Crippen LogP contribution in [0.4, 0.5) is 11.4 Å². The smallest absolute Gasteiger partial charge is 0.161 e. The van der Waals surface area contributed by atoms with Gasteiger partial charge in [-0.25, -0.2) is 0 Å². The molecular weight excluding hydrogens is 278 g/mol. The third kappa shape index (κ3) is 3.73. The van der Waals surface area contributed by atoms with Crippen LogP contribution in [0, 0.1) is 12.3 Å². The Bertz CT molecular complexity index is 519. The molecule has 2 rings (SSSR count). The molecule has 1 aliphatic rings. The SMILES string of the molecule is CCC1(CC)CN=C(Nc2ccc(C)c(N(C)C)c2)SC1. The van der Waals surface area contributed by atoms with Crippen molar-refractivity contribution in [1.82, 2.24) is 0 Å². The van der Waals surface area contributed by atoms with Crippen molar-refractivity contribution in [3.63, 3.8) is 0 Å². The van der Waals surface area contributed by atoms with E-state index in [1.807, 2.05) is 11.8 Å². The average molecular weight is 305 g/mol. The van der Waals surface area contributed by atoms with E-state index in [9.17, 15) is 0 Å². The van der Waals surface area contributed by atoms with Crippen LogP contribution in [-0.4, -0.2) is 31.6 Å². The van der Waals surface area contributed by atoms with E-state index in [1.165, 1.54) is 24.1 Å². The minimum Gasteiger partial charge on any atom is -0.377 e. The minimum atomic E-state index is 0.401. The van der Waals surface area contributed by atoms with E-state index in [2.05, 4.69) is 63.3 Å². The molecule has 1 N–H and O–H groups in total. The van der Waals surface area contributed by atoms with E-state index in [-0.39, 0.29) is 0 Å². The maximum absolute atomic E-state index is 4.77. The van der Waals surface area contributed by atoms with E-state index in [4.69, 9.17) is 4.99 Å². The predicted molar refractivity (Wildman–Crippen MR) is 96.9 cm³/mol. The first-order chi connectivity index (χ1) is 9.99. The molecule has 0 unspecified atom stereocenters. The Morgan fingerprint density at radius 2 is 2.00 bits per heavy atom. The van der Waals surface area contributed by atoms with Gasteiger partial charge in [-0.05, 0) is 42.9 Å². The maximum Gasteiger partial charge on any atom is 0.161 e. The summed E-state index contributed by atoms with van der Waals surface area (Å²) in [5, 5.41) is 4.53. The monoisotopic (exact) mass is 305 g/mol. The lowest BCUT2D eigenvalue weighted by Crippen LogP contribution is -2.32. The molecule has 0 spiro atoms. The molecule has 0 bridgehead atoms. The Morgan fingerprint density at radius 1 is 1.29 bits per heavy atom. The van der Waals surface area contributed by atoms with Gasteiger partial charge in [-0.15, -0.1) is 0 Å². The Hall–Kier alpha value is -1.16. The van der Waals surface area contributed by atoms with Gasteiger partial charge in [0.15, 0.2) is 5.17 Å². The molecule has 0 atom stereocenters. The lowest BCUT2D eigenvalue weighted by molar-refractivity contribution is 0.318. The van der Waals surface area contributed by atoms with Crippen LogP contribution in [-0.2, 0) is 0 Å². The van der Waals surface area contributed by atoms with Gasteiger partial charge in [-0.1, -0.05) is 31.7 Å². The van der Waals surface area contributed by atoms with E-state index in [0.29, 0.717) is 5.41 Å². The molecule has 21 heavy (non-hydrogen) atoms. The Morgan fingerprint density at radius 3 is 2.52 bits per heavy atom. The second kappa shape index (κ2) is 6.73. The van der Waals surface area contributed by atoms with Crippen molar-refractivity contribution >= 4 is 28.3 Å². The van der Waals surface area contributed by atoms with Crippen LogP contribution in [0.5, 0.6) is 0 Å². The first-order valence-corrected chi connectivity index (χ1v) is 8.70. The zero-order valence-electron chi connectivity index (χ0n) is 13.9. The molecule has 116 valence electrons. The largest absolute Gasteiger partial charge is 0.377 e. The first-order valence-electron chi connectivity index (χ1n) is 7.72. The molecule has 1 heterocycles. The van der Waals surface area contributed by atoms with Crippen molar-refractivity contribution in [2.75, 3.05) is 36.6 Å². The summed E-state index contributed by atoms with van der Waals surface area (Å²) in [4.78, 5) is 6.92. The van der Waals surface area contributed by atoms with Gasteiger partial charge in [0.25, 0.3) is 0 Å². The summed E-state index contributed by atoms with van der Waals surface area (Å²) in [7, 11) is 4.16. The van der Waals surface area contributed by atoms with Crippen molar-refractivity contribution in [3.05, 3.63) is 23.8 Å². The number of thioether (sulfide) groups is 1. The topological polar surface area (TPSA) is 27.6 Å². The predicted octanol–water partition coefficient (Wildman–Crippen LogP) is 4.38. The number of rotatable bonds is 4. The maximum atomic E-state index is 4.77. The fourth-order valence-corrected chi connectivity index (χ4v) is 3.89. The molecule has 3 nitrogen and oxygen atoms in total. The van der Waals surface area contributed by atoms with Gasteiger partial charge < -0.3 is 10.2 Å². The minimum absolute atomic E-state index is 0.401. The second-order valence-corrected chi connectivity index (χ2v) is 7.10. The molecule has 1 aromatic carbocycles. The van der Waals surface area contributed by atoms with Gasteiger partial charge in [0, 0.05) is 37.8 Å². The normalized spacial score (nSPS) is 17.3. The van der Waals surface area contributed by atoms with E-state index in [1.54, 1.807) is 0 Å². The van der Waals surface area contributed by atoms with Gasteiger partial charge in [-0.3, -0.25) is 4.99 Å². The van der Waals surface area contributed by atoms with Crippen LogP contribution in [0.25, 0.3) is 0 Å². The van der Waals surface area contributed by atoms with E-state index < -0.39 is 0 Å². The fourth-order valence-electron chi connectivity index (χ4n) is 2.60. The van der Waals surface area contributed by atoms with E-state index in [0.717, 1.165) is 23.2 Å². The number of nitrogens with zero attached hydrogens (tertiary/aromatic N) is 2. The zero-order chi connectivity index (χ0) is 15.5. The standard InChI is InChI=1S/C17H27N3S/c1-6-17(7-2)11-18-16(21-12-17)19-14-9-8-13(3)15(10-14)20(4)5/h8-10H,6-7,11-12H2,1-5H3,(H,18,19). The number of anilines is 2. The highest BCUT2D eigenvalue weighted by atomic mass is 32.2. The van der Waals surface area contributed by atoms with Gasteiger partial charge in [0.1, 0.15) is 0 Å². The molecule has 0 fully saturated rings. The van der Waals surface area contributed by atoms with Gasteiger partial charge in [-0.2, -0.15) is 0 Å². The summed E-state index contributed by atoms with van der Waals surface area (Å²) in [6.45, 7) is 7.65. The highest BCUT2D eigenvalue weighted by Crippen LogP contribution is 2.35. The van der Waals surface area contributed by atoms with Crippen molar-refractivity contribution in [3.8, 4) is 0 Å². The molecular formula is C17H27N3S. The summed E-state index contributed by atoms with van der Waals surface area (Å²) in [6, 6.07) is 6.49. The van der Waals surface area contributed by atoms with Crippen LogP contribution in [0.1, 0.15) is 32.3 Å². The lowest BCUT2D eigenvalue weighted by atomic mass is 9.84. The molecule has 0 saturated heterocycles. The van der Waals surface area contributed by atoms with Crippen LogP contribution in [0.15, 0.2) is 23.2 Å². The Balaban J connectivity index is 2.10. The Labute approximate surface area is 133 Å². The van der Waals surface area contributed by atoms with Crippen molar-refractivity contribution < 1.29 is 0 Å². The molecule has 0 amide bonds. The summed E-state index contributed by atoms with van der Waals surface area (Å²) in [6.07, 6.45) is 2.42. The molecule has 0 saturated carbocycles. The van der Waals surface area contributed by atoms with Crippen molar-refractivity contribution in [1.29, 1.82) is 0 Å². The third-order valence-electron chi connectivity index (χ3n) is 4.52. The molecule has 1 aliphatic heterocycles. The van der Waals surface area contributed by atoms with E-state index >= 15 is 0 Å². The zero-order valence-corrected chi connectivity index (χ0v) is 14.7. The number of aliphatic imine (C=N–C) groups is 1. The number of benzene rings is 1. The summed E-state index contributed by atoms with van der Waals surface area (Å²) in [5.41, 5.74) is 4.06. The first kappa shape index (κ1) is 16.2. The van der Waals surface area contributed by atoms with Gasteiger partial charge in [0.2, 0.25) is 0 Å². The number of amidine groups is 1. The quantitative estimate of drug-likeness (QED) is 0.894. The lowest BCUT2D eigenvalue weighted by Gasteiger charge is -2.33. The van der Waals surface area contributed by atoms with Crippen LogP contribution in [0.2, 0.25) is 0 Å². The summed E-state index contributed by atoms with van der Waals surface area (Å²) >= 11 is 1.86. The fraction of sp³-hybridized carbons (Fsp3) is 0.588. The number of hydrogen-bond acceptors (Lipinski definition) is 4. The number of hydrogen-bond donors (Lipinski definition) is 1. The van der Waals surface area contributed by atoms with Crippen LogP contribution in [0.3, 0.4) is 0 Å². The van der Waals surface area contributed by atoms with Crippen LogP contribution < -0.4 is 10.2 Å². The second-order valence-electron chi connectivity index (χ2n) is 6.14. The van der Waals surface area contributed by atoms with Gasteiger partial charge >= 0.3 is 0 Å². The molecule has 0 aliphatic carbocycles. The van der Waals surface area contributed by atoms with Crippen molar-refractivity contribution in [2.45, 2.75) is 33.6 Å².